The number of nitrogens with zero attached hydrogens (tertiary/aromatic N) is 3. The molecule has 1 aromatic heterocycles. The predicted molar refractivity (Wildman–Crippen MR) is 116 cm³/mol. The van der Waals surface area contributed by atoms with Crippen LogP contribution in [0.5, 0.6) is 5.75 Å². The van der Waals surface area contributed by atoms with Crippen LogP contribution in [-0.4, -0.2) is 27.3 Å². The molecule has 2 aliphatic rings. The van der Waals surface area contributed by atoms with Gasteiger partial charge in [0.05, 0.1) is 12.6 Å². The number of hydrogen-bond donors (Lipinski definition) is 1. The van der Waals surface area contributed by atoms with Gasteiger partial charge in [0, 0.05) is 21.9 Å². The Balaban J connectivity index is 1.64. The van der Waals surface area contributed by atoms with E-state index in [-0.39, 0.29) is 0 Å². The third-order valence-corrected chi connectivity index (χ3v) is 5.30. The molecule has 0 aliphatic carbocycles. The van der Waals surface area contributed by atoms with Crippen LogP contribution in [-0.2, 0) is 0 Å². The number of fused-ring (bicyclic) bond motifs is 4. The summed E-state index contributed by atoms with van der Waals surface area (Å²) in [5.74, 6) is 1.64. The number of ether oxygens (including phenoxy) is 1. The van der Waals surface area contributed by atoms with Crippen molar-refractivity contribution in [3.05, 3.63) is 72.8 Å². The van der Waals surface area contributed by atoms with Crippen molar-refractivity contribution in [2.24, 2.45) is 0 Å². The van der Waals surface area contributed by atoms with E-state index in [1.807, 2.05) is 60.7 Å². The maximum Gasteiger partial charge on any atom is 0.264 e. The molecule has 0 spiro atoms. The smallest absolute Gasteiger partial charge is 0.264 e. The van der Waals surface area contributed by atoms with Gasteiger partial charge in [-0.15, -0.1) is 10.2 Å². The van der Waals surface area contributed by atoms with E-state index in [0.29, 0.717) is 17.5 Å². The first-order chi connectivity index (χ1) is 14.8. The maximum atomic E-state index is 6.13. The Kier molecular flexibility index (Phi) is 3.58. The maximum absolute atomic E-state index is 6.13. The van der Waals surface area contributed by atoms with Crippen LogP contribution < -0.4 is 4.74 Å². The third kappa shape index (κ3) is 2.47. The molecule has 6 rings (SSSR count). The van der Waals surface area contributed by atoms with Crippen LogP contribution in [0.15, 0.2) is 77.2 Å². The molecule has 0 bridgehead atoms. The van der Waals surface area contributed by atoms with Crippen LogP contribution in [0.25, 0.3) is 56.1 Å². The summed E-state index contributed by atoms with van der Waals surface area (Å²) in [6, 6.07) is 23.9. The van der Waals surface area contributed by atoms with E-state index in [1.54, 1.807) is 7.11 Å². The Bertz CT molecular complexity index is 1480. The largest absolute Gasteiger partial charge is 0.497 e. The SMILES string of the molecule is COc1ccc2[nH]c(-c3nnc4c5ccccc5nc-4o3)c(-c3ccccc3)c2c1. The fourth-order valence-electron chi connectivity index (χ4n) is 3.89. The minimum absolute atomic E-state index is 0.388. The molecule has 1 N–H and O–H groups in total. The number of aromatic amines is 1. The number of aromatic nitrogens is 4. The molecule has 30 heavy (non-hydrogen) atoms. The van der Waals surface area contributed by atoms with Crippen molar-refractivity contribution in [2.75, 3.05) is 7.11 Å². The molecule has 2 aliphatic heterocycles. The highest BCUT2D eigenvalue weighted by Gasteiger charge is 2.23. The normalized spacial score (nSPS) is 11.5. The lowest BCUT2D eigenvalue weighted by Crippen LogP contribution is -1.93. The van der Waals surface area contributed by atoms with Gasteiger partial charge in [0.2, 0.25) is 0 Å². The van der Waals surface area contributed by atoms with Gasteiger partial charge >= 0.3 is 0 Å². The summed E-state index contributed by atoms with van der Waals surface area (Å²) in [5.41, 5.74) is 5.25. The zero-order valence-electron chi connectivity index (χ0n) is 16.1. The van der Waals surface area contributed by atoms with Crippen molar-refractivity contribution in [1.82, 2.24) is 20.2 Å². The Morgan fingerprint density at radius 1 is 0.833 bits per heavy atom. The molecular formula is C24H16N4O2. The van der Waals surface area contributed by atoms with Gasteiger partial charge < -0.3 is 14.1 Å². The van der Waals surface area contributed by atoms with Crippen LogP contribution in [0.2, 0.25) is 0 Å². The molecule has 0 unspecified atom stereocenters. The standard InChI is InChI=1S/C24H16N4O2/c1-29-15-11-12-19-17(13-15)20(14-7-3-2-4-8-14)22(25-19)24-28-27-21-16-9-5-6-10-18(16)26-23(21)30-24/h2-13,25H,1H3. The fraction of sp³-hybridized carbons (Fsp3) is 0.0417. The summed E-state index contributed by atoms with van der Waals surface area (Å²) < 4.78 is 11.6. The number of benzene rings is 3. The first kappa shape index (κ1) is 16.7. The molecule has 6 nitrogen and oxygen atoms in total. The molecule has 3 aromatic carbocycles. The molecule has 0 atom stereocenters. The van der Waals surface area contributed by atoms with Crippen molar-refractivity contribution in [3.8, 4) is 40.0 Å². The van der Waals surface area contributed by atoms with Gasteiger partial charge in [-0.2, -0.15) is 0 Å². The summed E-state index contributed by atoms with van der Waals surface area (Å²) >= 11 is 0. The van der Waals surface area contributed by atoms with E-state index < -0.39 is 0 Å². The second kappa shape index (κ2) is 6.42. The first-order valence-electron chi connectivity index (χ1n) is 9.59. The Labute approximate surface area is 171 Å². The van der Waals surface area contributed by atoms with Gasteiger partial charge in [-0.1, -0.05) is 48.5 Å². The third-order valence-electron chi connectivity index (χ3n) is 5.30. The van der Waals surface area contributed by atoms with E-state index in [2.05, 4.69) is 32.3 Å². The van der Waals surface area contributed by atoms with Gasteiger partial charge in [0.15, 0.2) is 5.69 Å². The minimum atomic E-state index is 0.388. The average molecular weight is 392 g/mol. The van der Waals surface area contributed by atoms with E-state index in [1.165, 1.54) is 0 Å². The summed E-state index contributed by atoms with van der Waals surface area (Å²) in [6.45, 7) is 0. The molecule has 6 heteroatoms. The van der Waals surface area contributed by atoms with Gasteiger partial charge in [0.25, 0.3) is 11.8 Å². The van der Waals surface area contributed by atoms with Crippen molar-refractivity contribution in [1.29, 1.82) is 0 Å². The monoisotopic (exact) mass is 392 g/mol. The van der Waals surface area contributed by atoms with Crippen LogP contribution in [0, 0.1) is 0 Å². The summed E-state index contributed by atoms with van der Waals surface area (Å²) in [5, 5.41) is 10.8. The fourth-order valence-corrected chi connectivity index (χ4v) is 3.89. The van der Waals surface area contributed by atoms with Gasteiger partial charge in [-0.05, 0) is 29.8 Å². The van der Waals surface area contributed by atoms with E-state index in [9.17, 15) is 0 Å². The Morgan fingerprint density at radius 2 is 1.67 bits per heavy atom. The lowest BCUT2D eigenvalue weighted by Gasteiger charge is -2.05. The zero-order valence-corrected chi connectivity index (χ0v) is 16.1. The van der Waals surface area contributed by atoms with Crippen LogP contribution >= 0.6 is 0 Å². The summed E-state index contributed by atoms with van der Waals surface area (Å²) in [7, 11) is 1.66. The van der Waals surface area contributed by atoms with E-state index in [0.717, 1.165) is 44.4 Å². The zero-order chi connectivity index (χ0) is 20.1. The van der Waals surface area contributed by atoms with E-state index >= 15 is 0 Å². The van der Waals surface area contributed by atoms with Crippen LogP contribution in [0.4, 0.5) is 0 Å². The highest BCUT2D eigenvalue weighted by molar-refractivity contribution is 6.03. The van der Waals surface area contributed by atoms with Crippen LogP contribution in [0.1, 0.15) is 0 Å². The lowest BCUT2D eigenvalue weighted by molar-refractivity contribution is 0.415. The summed E-state index contributed by atoms with van der Waals surface area (Å²) in [6.07, 6.45) is 0. The highest BCUT2D eigenvalue weighted by atomic mass is 16.5. The number of nitrogens with one attached hydrogen (secondary N) is 1. The summed E-state index contributed by atoms with van der Waals surface area (Å²) in [4.78, 5) is 8.03. The second-order valence-corrected chi connectivity index (χ2v) is 7.04. The number of methoxy groups -OCH3 is 1. The molecule has 0 radical (unpaired) electrons. The molecule has 4 aromatic rings. The number of para-hydroxylation sites is 1. The van der Waals surface area contributed by atoms with Gasteiger partial charge in [0.1, 0.15) is 11.4 Å². The molecule has 0 saturated carbocycles. The second-order valence-electron chi connectivity index (χ2n) is 7.04. The molecule has 3 heterocycles. The van der Waals surface area contributed by atoms with Crippen molar-refractivity contribution in [3.63, 3.8) is 0 Å². The highest BCUT2D eigenvalue weighted by Crippen LogP contribution is 2.40. The molecule has 0 amide bonds. The Morgan fingerprint density at radius 3 is 2.53 bits per heavy atom. The van der Waals surface area contributed by atoms with Crippen molar-refractivity contribution < 1.29 is 9.15 Å². The topological polar surface area (TPSA) is 76.8 Å². The lowest BCUT2D eigenvalue weighted by atomic mass is 10.0. The quantitative estimate of drug-likeness (QED) is 0.427. The minimum Gasteiger partial charge on any atom is -0.497 e. The number of rotatable bonds is 3. The van der Waals surface area contributed by atoms with Gasteiger partial charge in [-0.3, -0.25) is 0 Å². The van der Waals surface area contributed by atoms with Gasteiger partial charge in [-0.25, -0.2) is 4.98 Å². The van der Waals surface area contributed by atoms with E-state index in [4.69, 9.17) is 9.15 Å². The number of H-pyrrole nitrogens is 1. The average Bonchev–Trinajstić information content (AvgIpc) is 3.37. The molecule has 0 fully saturated rings. The Hall–Kier alpha value is -4.19. The van der Waals surface area contributed by atoms with Crippen LogP contribution in [0.3, 0.4) is 0 Å². The number of hydrogen-bond acceptors (Lipinski definition) is 5. The predicted octanol–water partition coefficient (Wildman–Crippen LogP) is 5.55. The molecular weight excluding hydrogens is 376 g/mol. The molecule has 0 saturated heterocycles. The van der Waals surface area contributed by atoms with Crippen molar-refractivity contribution in [2.45, 2.75) is 0 Å². The molecule has 144 valence electrons. The first-order valence-corrected chi connectivity index (χ1v) is 9.59. The van der Waals surface area contributed by atoms with Crippen molar-refractivity contribution >= 4 is 21.8 Å².